The molecule has 0 aliphatic carbocycles. The summed E-state index contributed by atoms with van der Waals surface area (Å²) < 4.78 is 0. The van der Waals surface area contributed by atoms with Crippen molar-refractivity contribution in [2.24, 2.45) is 5.92 Å². The molecule has 1 fully saturated rings. The number of carbonyl (C=O) groups excluding carboxylic acids is 2. The maximum atomic E-state index is 12.4. The zero-order chi connectivity index (χ0) is 19.1. The topological polar surface area (TPSA) is 61.4 Å². The minimum absolute atomic E-state index is 0. The molecule has 0 aromatic heterocycles. The Bertz CT molecular complexity index is 783. The summed E-state index contributed by atoms with van der Waals surface area (Å²) in [5, 5.41) is 8.38. The number of halogens is 1. The van der Waals surface area contributed by atoms with Crippen LogP contribution in [-0.2, 0) is 16.0 Å². The van der Waals surface area contributed by atoms with Crippen LogP contribution in [0.4, 0.5) is 0 Å². The molecule has 5 nitrogen and oxygen atoms in total. The minimum Gasteiger partial charge on any atom is -0.347 e. The van der Waals surface area contributed by atoms with Gasteiger partial charge in [0, 0.05) is 13.1 Å². The summed E-state index contributed by atoms with van der Waals surface area (Å²) in [7, 11) is 0. The van der Waals surface area contributed by atoms with Crippen LogP contribution < -0.4 is 10.6 Å². The summed E-state index contributed by atoms with van der Waals surface area (Å²) in [6.07, 6.45) is 2.35. The quantitative estimate of drug-likeness (QED) is 0.747. The third-order valence-electron chi connectivity index (χ3n) is 5.32. The lowest BCUT2D eigenvalue weighted by atomic mass is 9.97. The van der Waals surface area contributed by atoms with Crippen LogP contribution in [0.1, 0.15) is 25.3 Å². The molecule has 0 spiro atoms. The highest BCUT2D eigenvalue weighted by Crippen LogP contribution is 2.19. The van der Waals surface area contributed by atoms with Crippen molar-refractivity contribution in [2.45, 2.75) is 26.2 Å². The van der Waals surface area contributed by atoms with Crippen LogP contribution in [0.3, 0.4) is 0 Å². The summed E-state index contributed by atoms with van der Waals surface area (Å²) in [6.45, 7) is 5.78. The van der Waals surface area contributed by atoms with Crippen LogP contribution in [0.15, 0.2) is 42.5 Å². The van der Waals surface area contributed by atoms with Gasteiger partial charge in [0.25, 0.3) is 0 Å². The lowest BCUT2D eigenvalue weighted by Crippen LogP contribution is -2.45. The van der Waals surface area contributed by atoms with E-state index in [1.807, 2.05) is 47.4 Å². The Balaban J connectivity index is 0.00000280. The van der Waals surface area contributed by atoms with Gasteiger partial charge < -0.3 is 15.5 Å². The lowest BCUT2D eigenvalue weighted by Gasteiger charge is -2.32. The van der Waals surface area contributed by atoms with E-state index >= 15 is 0 Å². The number of hydrogen-bond acceptors (Lipinski definition) is 3. The van der Waals surface area contributed by atoms with Crippen molar-refractivity contribution >= 4 is 35.0 Å². The Kier molecular flexibility index (Phi) is 8.74. The number of nitrogens with one attached hydrogen (secondary N) is 2. The molecule has 1 saturated heterocycles. The van der Waals surface area contributed by atoms with Gasteiger partial charge in [-0.15, -0.1) is 12.4 Å². The van der Waals surface area contributed by atoms with Gasteiger partial charge in [0.1, 0.15) is 0 Å². The molecule has 152 valence electrons. The molecule has 3 rings (SSSR count). The number of fused-ring (bicyclic) bond motifs is 1. The normalized spacial score (nSPS) is 14.5. The highest BCUT2D eigenvalue weighted by atomic mass is 35.5. The lowest BCUT2D eigenvalue weighted by molar-refractivity contribution is -0.133. The van der Waals surface area contributed by atoms with Crippen molar-refractivity contribution in [3.8, 4) is 0 Å². The van der Waals surface area contributed by atoms with Gasteiger partial charge in [0.15, 0.2) is 0 Å². The second-order valence-electron chi connectivity index (χ2n) is 7.22. The fourth-order valence-corrected chi connectivity index (χ4v) is 3.70. The first-order valence-electron chi connectivity index (χ1n) is 9.89. The van der Waals surface area contributed by atoms with Gasteiger partial charge in [0.2, 0.25) is 11.8 Å². The van der Waals surface area contributed by atoms with Gasteiger partial charge in [0.05, 0.1) is 13.0 Å². The molecule has 1 aliphatic rings. The van der Waals surface area contributed by atoms with Gasteiger partial charge in [-0.25, -0.2) is 0 Å². The number of hydrogen-bond donors (Lipinski definition) is 2. The Morgan fingerprint density at radius 1 is 1.07 bits per heavy atom. The third-order valence-corrected chi connectivity index (χ3v) is 5.32. The molecule has 2 aromatic carbocycles. The second-order valence-corrected chi connectivity index (χ2v) is 7.22. The van der Waals surface area contributed by atoms with Crippen LogP contribution in [0.2, 0.25) is 0 Å². The van der Waals surface area contributed by atoms with Crippen molar-refractivity contribution in [1.82, 2.24) is 15.5 Å². The third kappa shape index (κ3) is 5.94. The van der Waals surface area contributed by atoms with Crippen molar-refractivity contribution in [1.29, 1.82) is 0 Å². The van der Waals surface area contributed by atoms with Crippen molar-refractivity contribution in [3.63, 3.8) is 0 Å². The Morgan fingerprint density at radius 2 is 1.79 bits per heavy atom. The van der Waals surface area contributed by atoms with E-state index in [-0.39, 0.29) is 30.8 Å². The molecule has 1 aliphatic heterocycles. The SMILES string of the molecule is CCNCC1CCN(C(=O)CNC(=O)Cc2cccc3ccccc23)CC1.Cl. The molecular weight excluding hydrogens is 374 g/mol. The van der Waals surface area contributed by atoms with E-state index in [1.165, 1.54) is 0 Å². The van der Waals surface area contributed by atoms with Gasteiger partial charge in [-0.05, 0) is 48.2 Å². The first-order valence-corrected chi connectivity index (χ1v) is 9.89. The summed E-state index contributed by atoms with van der Waals surface area (Å²) in [6, 6.07) is 14.0. The molecule has 6 heteroatoms. The fourth-order valence-electron chi connectivity index (χ4n) is 3.70. The van der Waals surface area contributed by atoms with Gasteiger partial charge >= 0.3 is 0 Å². The van der Waals surface area contributed by atoms with Crippen LogP contribution in [0.25, 0.3) is 10.8 Å². The van der Waals surface area contributed by atoms with Crippen molar-refractivity contribution in [2.75, 3.05) is 32.7 Å². The number of nitrogens with zero attached hydrogens (tertiary/aromatic N) is 1. The summed E-state index contributed by atoms with van der Waals surface area (Å²) in [5.41, 5.74) is 0.988. The molecule has 0 bridgehead atoms. The number of piperidine rings is 1. The average molecular weight is 404 g/mol. The second kappa shape index (κ2) is 11.0. The maximum Gasteiger partial charge on any atom is 0.241 e. The summed E-state index contributed by atoms with van der Waals surface area (Å²) in [5.74, 6) is 0.555. The van der Waals surface area contributed by atoms with Crippen molar-refractivity contribution in [3.05, 3.63) is 48.0 Å². The Hall–Kier alpha value is -2.11. The predicted octanol–water partition coefficient (Wildman–Crippen LogP) is 2.77. The highest BCUT2D eigenvalue weighted by Gasteiger charge is 2.22. The monoisotopic (exact) mass is 403 g/mol. The largest absolute Gasteiger partial charge is 0.347 e. The number of amides is 2. The standard InChI is InChI=1S/C22H29N3O2.ClH/c1-2-23-15-17-10-12-25(13-11-17)22(27)16-24-21(26)14-19-8-5-7-18-6-3-4-9-20(18)19;/h3-9,17,23H,2,10-16H2,1H3,(H,24,26);1H. The van der Waals surface area contributed by atoms with Crippen LogP contribution >= 0.6 is 12.4 Å². The summed E-state index contributed by atoms with van der Waals surface area (Å²) >= 11 is 0. The minimum atomic E-state index is -0.110. The highest BCUT2D eigenvalue weighted by molar-refractivity contribution is 5.91. The van der Waals surface area contributed by atoms with E-state index in [1.54, 1.807) is 0 Å². The van der Waals surface area contributed by atoms with E-state index in [4.69, 9.17) is 0 Å². The van der Waals surface area contributed by atoms with Crippen LogP contribution in [-0.4, -0.2) is 49.4 Å². The van der Waals surface area contributed by atoms with E-state index < -0.39 is 0 Å². The molecule has 0 saturated carbocycles. The molecule has 0 radical (unpaired) electrons. The zero-order valence-electron chi connectivity index (χ0n) is 16.4. The summed E-state index contributed by atoms with van der Waals surface area (Å²) in [4.78, 5) is 26.6. The Morgan fingerprint density at radius 3 is 2.54 bits per heavy atom. The van der Waals surface area contributed by atoms with E-state index in [2.05, 4.69) is 17.6 Å². The maximum absolute atomic E-state index is 12.4. The van der Waals surface area contributed by atoms with Crippen LogP contribution in [0, 0.1) is 5.92 Å². The molecule has 2 aromatic rings. The van der Waals surface area contributed by atoms with Gasteiger partial charge in [-0.2, -0.15) is 0 Å². The number of rotatable bonds is 7. The number of likely N-dealkylation sites (tertiary alicyclic amines) is 1. The molecule has 0 unspecified atom stereocenters. The zero-order valence-corrected chi connectivity index (χ0v) is 17.3. The molecular formula is C22H30ClN3O2. The number of benzene rings is 2. The Labute approximate surface area is 173 Å². The van der Waals surface area contributed by atoms with Crippen LogP contribution in [0.5, 0.6) is 0 Å². The molecule has 28 heavy (non-hydrogen) atoms. The first kappa shape index (κ1) is 22.2. The number of carbonyl (C=O) groups is 2. The predicted molar refractivity (Wildman–Crippen MR) is 116 cm³/mol. The van der Waals surface area contributed by atoms with E-state index in [0.717, 1.165) is 55.4 Å². The fraction of sp³-hybridized carbons (Fsp3) is 0.455. The first-order chi connectivity index (χ1) is 13.2. The van der Waals surface area contributed by atoms with Crippen molar-refractivity contribution < 1.29 is 9.59 Å². The van der Waals surface area contributed by atoms with E-state index in [0.29, 0.717) is 12.3 Å². The van der Waals surface area contributed by atoms with Gasteiger partial charge in [-0.3, -0.25) is 9.59 Å². The smallest absolute Gasteiger partial charge is 0.241 e. The van der Waals surface area contributed by atoms with E-state index in [9.17, 15) is 9.59 Å². The molecule has 2 N–H and O–H groups in total. The average Bonchev–Trinajstić information content (AvgIpc) is 2.71. The molecule has 0 atom stereocenters. The molecule has 2 amide bonds. The molecule has 1 heterocycles. The van der Waals surface area contributed by atoms with Gasteiger partial charge in [-0.1, -0.05) is 49.4 Å².